The molecule has 0 bridgehead atoms. The highest BCUT2D eigenvalue weighted by atomic mass is 32.3. The zero-order valence-corrected chi connectivity index (χ0v) is 57.4. The molecule has 5 fully saturated rings. The lowest BCUT2D eigenvalue weighted by Gasteiger charge is -2.51. The summed E-state index contributed by atoms with van der Waals surface area (Å²) in [5, 5.41) is 24.1. The van der Waals surface area contributed by atoms with Crippen LogP contribution in [-0.4, -0.2) is 337 Å². The van der Waals surface area contributed by atoms with Gasteiger partial charge in [0, 0.05) is 70.5 Å². The number of rotatable bonds is 37. The van der Waals surface area contributed by atoms with E-state index in [4.69, 9.17) is 103 Å². The highest BCUT2D eigenvalue weighted by Gasteiger charge is 2.62. The second-order valence-electron chi connectivity index (χ2n) is 21.5. The molecule has 0 saturated carbocycles. The van der Waals surface area contributed by atoms with E-state index in [0.717, 1.165) is 56.9 Å². The number of amides is 1. The van der Waals surface area contributed by atoms with Gasteiger partial charge in [0.05, 0.1) is 25.9 Å². The van der Waals surface area contributed by atoms with Crippen LogP contribution in [-0.2, 0) is 179 Å². The molecule has 45 nitrogen and oxygen atoms in total. The van der Waals surface area contributed by atoms with Crippen molar-refractivity contribution in [2.75, 3.05) is 90.4 Å². The summed E-state index contributed by atoms with van der Waals surface area (Å²) < 4.78 is 308. The van der Waals surface area contributed by atoms with E-state index < -0.39 is 243 Å². The molecule has 1 aromatic carbocycles. The second kappa shape index (κ2) is 36.7. The fourth-order valence-corrected chi connectivity index (χ4v) is 13.6. The molecule has 0 aromatic heterocycles. The molecule has 6 rings (SSSR count). The number of alkyl carbamates (subject to hydrolysis) is 1. The predicted molar refractivity (Wildman–Crippen MR) is 310 cm³/mol. The Bertz CT molecular complexity index is 3340. The summed E-state index contributed by atoms with van der Waals surface area (Å²) in [5.74, 6) is -4.02. The number of aliphatic carboxylic acids is 2. The predicted octanol–water partition coefficient (Wildman–Crippen LogP) is -4.35. The average Bonchev–Trinajstić information content (AvgIpc) is 0.761. The SMILES string of the molecule is COC[C@H]1O[C@@H](CCNC(=O)OCc2ccccc2)[C@H](OC)[C@@H](OS(=O)(=O)O)[C@@H]1O[C@@H]1O[C@@H](C(=O)O)[C@@H](O[C@H]2O[C@H](COS(=O)(=O)O)[C@@H](O[C@@H]3O[C@H](C(=O)O)[C@@H](O[C@H]4O[C@H](COS(=O)(=O)O)[C@@H](OC)[C@H](OC)[C@H]4OC)[C@H](OC)[C@H]3OC)[C@H](OS(=O)(=O)O)[C@H]2OS(=O)(=O)O)[C@H](OC)[C@H]1OC. The number of carboxylic acid groups (broad SMARTS) is 2. The molecule has 99 heavy (non-hydrogen) atoms. The minimum atomic E-state index is -6.12. The topological polar surface area (TPSA) is 597 Å². The molecule has 5 saturated heterocycles. The van der Waals surface area contributed by atoms with Crippen LogP contribution < -0.4 is 5.32 Å². The normalized spacial score (nSPS) is 35.8. The van der Waals surface area contributed by atoms with Crippen molar-refractivity contribution in [3.8, 4) is 0 Å². The summed E-state index contributed by atoms with van der Waals surface area (Å²) >= 11 is 0. The van der Waals surface area contributed by atoms with Gasteiger partial charge in [-0.25, -0.2) is 35.3 Å². The van der Waals surface area contributed by atoms with Crippen LogP contribution in [0.1, 0.15) is 12.0 Å². The highest BCUT2D eigenvalue weighted by molar-refractivity contribution is 7.81. The molecule has 0 spiro atoms. The summed E-state index contributed by atoms with van der Waals surface area (Å²) in [6.07, 6.45) is -52.8. The Morgan fingerprint density at radius 1 is 0.394 bits per heavy atom. The molecule has 0 aliphatic carbocycles. The van der Waals surface area contributed by atoms with Gasteiger partial charge in [0.15, 0.2) is 43.5 Å². The molecule has 5 aliphatic heterocycles. The van der Waals surface area contributed by atoms with Crippen LogP contribution in [0.2, 0.25) is 0 Å². The minimum Gasteiger partial charge on any atom is -0.479 e. The molecule has 1 aromatic rings. The number of hydrogen-bond donors (Lipinski definition) is 8. The minimum absolute atomic E-state index is 0.117. The van der Waals surface area contributed by atoms with Crippen LogP contribution in [0.15, 0.2) is 30.3 Å². The lowest BCUT2D eigenvalue weighted by molar-refractivity contribution is -0.387. The van der Waals surface area contributed by atoms with E-state index >= 15 is 0 Å². The van der Waals surface area contributed by atoms with Gasteiger partial charge in [0.1, 0.15) is 110 Å². The number of benzene rings is 1. The number of carbonyl (C=O) groups excluding carboxylic acids is 1. The van der Waals surface area contributed by atoms with Crippen LogP contribution in [0.3, 0.4) is 0 Å². The molecule has 8 N–H and O–H groups in total. The van der Waals surface area contributed by atoms with Crippen molar-refractivity contribution in [1.82, 2.24) is 5.32 Å². The first-order valence-electron chi connectivity index (χ1n) is 28.6. The smallest absolute Gasteiger partial charge is 0.407 e. The van der Waals surface area contributed by atoms with E-state index in [1.165, 1.54) is 7.11 Å². The molecule has 0 radical (unpaired) electrons. The van der Waals surface area contributed by atoms with Gasteiger partial charge >= 0.3 is 70.0 Å². The Labute approximate surface area is 566 Å². The Morgan fingerprint density at radius 3 is 1.12 bits per heavy atom. The Kier molecular flexibility index (Phi) is 31.1. The number of nitrogens with one attached hydrogen (secondary N) is 1. The fraction of sp³-hybridized carbons (Fsp3) is 0.816. The van der Waals surface area contributed by atoms with Gasteiger partial charge in [-0.1, -0.05) is 30.3 Å². The zero-order chi connectivity index (χ0) is 73.7. The number of methoxy groups -OCH3 is 9. The first-order valence-corrected chi connectivity index (χ1v) is 35.4. The lowest BCUT2D eigenvalue weighted by Crippen LogP contribution is -2.70. The van der Waals surface area contributed by atoms with Crippen molar-refractivity contribution in [3.63, 3.8) is 0 Å². The molecule has 1 amide bonds. The van der Waals surface area contributed by atoms with Crippen molar-refractivity contribution < 1.29 is 200 Å². The van der Waals surface area contributed by atoms with Crippen LogP contribution in [0.4, 0.5) is 4.79 Å². The largest absolute Gasteiger partial charge is 0.479 e. The van der Waals surface area contributed by atoms with Crippen LogP contribution >= 0.6 is 0 Å². The monoisotopic (exact) mass is 1540 g/mol. The summed E-state index contributed by atoms with van der Waals surface area (Å²) in [6, 6.07) is 8.58. The van der Waals surface area contributed by atoms with Gasteiger partial charge in [-0.2, -0.15) is 42.1 Å². The lowest BCUT2D eigenvalue weighted by atomic mass is 9.92. The molecule has 572 valence electrons. The van der Waals surface area contributed by atoms with E-state index in [-0.39, 0.29) is 19.6 Å². The first kappa shape index (κ1) is 84.0. The fourth-order valence-electron chi connectivity index (χ4n) is 11.5. The van der Waals surface area contributed by atoms with Crippen molar-refractivity contribution in [2.45, 2.75) is 166 Å². The summed E-state index contributed by atoms with van der Waals surface area (Å²) in [4.78, 5) is 39.5. The number of hydrogen-bond acceptors (Lipinski definition) is 37. The average molecular weight is 1540 g/mol. The highest BCUT2D eigenvalue weighted by Crippen LogP contribution is 2.41. The quantitative estimate of drug-likeness (QED) is 0.0292. The van der Waals surface area contributed by atoms with Crippen molar-refractivity contribution in [2.24, 2.45) is 0 Å². The van der Waals surface area contributed by atoms with Crippen molar-refractivity contribution >= 4 is 70.0 Å². The van der Waals surface area contributed by atoms with Crippen LogP contribution in [0.25, 0.3) is 0 Å². The molecule has 5 heterocycles. The Balaban J connectivity index is 1.36. The van der Waals surface area contributed by atoms with Crippen molar-refractivity contribution in [3.05, 3.63) is 35.9 Å². The third kappa shape index (κ3) is 23.3. The van der Waals surface area contributed by atoms with E-state index in [1.54, 1.807) is 30.3 Å². The summed E-state index contributed by atoms with van der Waals surface area (Å²) in [5.41, 5.74) is 0.655. The zero-order valence-electron chi connectivity index (χ0n) is 53.3. The second-order valence-corrected chi connectivity index (χ2v) is 26.8. The Morgan fingerprint density at radius 2 is 0.737 bits per heavy atom. The molecular formula is C49H77NO44S5. The summed E-state index contributed by atoms with van der Waals surface area (Å²) in [6.45, 7) is -3.51. The molecular weight excluding hydrogens is 1470 g/mol. The third-order valence-electron chi connectivity index (χ3n) is 15.4. The van der Waals surface area contributed by atoms with Gasteiger partial charge < -0.3 is 106 Å². The molecule has 50 heteroatoms. The summed E-state index contributed by atoms with van der Waals surface area (Å²) in [7, 11) is -19.3. The van der Waals surface area contributed by atoms with Crippen LogP contribution in [0, 0.1) is 0 Å². The number of carbonyl (C=O) groups is 3. The first-order chi connectivity index (χ1) is 46.4. The van der Waals surface area contributed by atoms with Gasteiger partial charge in [-0.05, 0) is 12.0 Å². The van der Waals surface area contributed by atoms with Crippen molar-refractivity contribution in [1.29, 1.82) is 0 Å². The molecule has 0 unspecified atom stereocenters. The van der Waals surface area contributed by atoms with Gasteiger partial charge in [-0.15, -0.1) is 0 Å². The number of ether oxygens (including phenoxy) is 19. The maximum Gasteiger partial charge on any atom is 0.407 e. The van der Waals surface area contributed by atoms with E-state index in [1.807, 2.05) is 0 Å². The van der Waals surface area contributed by atoms with Gasteiger partial charge in [-0.3, -0.25) is 22.8 Å². The van der Waals surface area contributed by atoms with E-state index in [9.17, 15) is 89.4 Å². The van der Waals surface area contributed by atoms with E-state index in [0.29, 0.717) is 5.56 Å². The van der Waals surface area contributed by atoms with E-state index in [2.05, 4.69) is 13.7 Å². The van der Waals surface area contributed by atoms with Crippen LogP contribution in [0.5, 0.6) is 0 Å². The molecule has 25 atom stereocenters. The van der Waals surface area contributed by atoms with Gasteiger partial charge in [0.2, 0.25) is 0 Å². The standard InChI is InChI=1S/C49H77NO44S5/c1-71-18-23-28(35(92-97(62,63)64)26(72-2)22(83-23)15-16-50-49(55)80-17-21-13-11-10-12-14-21)86-46-41(79-9)32(76-6)34(38(91-46)44(53)54)89-48-42(94-99(68,69)70)36(93-98(65,66)67)29(25(85-48)20-82-96(59,60)61)87-47-40(78-8)31(75-5)33(37(90-47)43(51)52)88-45-39(77-7)30(74-4)27(73-3)24(84-45)19-81-95(56,57)58/h10-14,22-42,45-48H,15-20H2,1-9H3,(H,50,55)(H,51,52)(H,53,54)(H,56,57,58)(H,59,60,61)(H,62,63,64)(H,65,66,67)(H,68,69,70)/t22-,23+,24+,25+,26-,27+,28+,29+,30-,31-,32-,33-,34-,35+,36-,37-,38+,39+,40+,41+,42+,45+,46+,47+,48+/m0/s1. The maximum atomic E-state index is 13.5. The van der Waals surface area contributed by atoms with Gasteiger partial charge in [0.25, 0.3) is 0 Å². The number of carboxylic acids is 2. The third-order valence-corrected chi connectivity index (χ3v) is 17.7. The maximum absolute atomic E-state index is 13.5. The Hall–Kier alpha value is -3.94. The molecule has 5 aliphatic rings.